The fourth-order valence-corrected chi connectivity index (χ4v) is 5.28. The monoisotopic (exact) mass is 483 g/mol. The summed E-state index contributed by atoms with van der Waals surface area (Å²) in [5.74, 6) is 0.967. The van der Waals surface area contributed by atoms with Gasteiger partial charge in [0.15, 0.2) is 0 Å². The molecular formula is C27H41N5O3. The van der Waals surface area contributed by atoms with Crippen molar-refractivity contribution in [3.8, 4) is 5.75 Å². The normalized spacial score (nSPS) is 21.8. The summed E-state index contributed by atoms with van der Waals surface area (Å²) >= 11 is 0. The quantitative estimate of drug-likeness (QED) is 0.314. The molecule has 0 amide bonds. The molecule has 4 N–H and O–H groups in total. The van der Waals surface area contributed by atoms with Crippen molar-refractivity contribution in [1.29, 1.82) is 0 Å². The third kappa shape index (κ3) is 5.69. The maximum Gasteiger partial charge on any atom is 0.325 e. The zero-order valence-electron chi connectivity index (χ0n) is 21.9. The Morgan fingerprint density at radius 2 is 1.91 bits per heavy atom. The number of carbonyl (C=O) groups is 1. The molecule has 0 aromatic heterocycles. The van der Waals surface area contributed by atoms with E-state index in [1.54, 1.807) is 7.05 Å². The van der Waals surface area contributed by atoms with Gasteiger partial charge in [-0.05, 0) is 75.8 Å². The molecule has 1 aromatic rings. The van der Waals surface area contributed by atoms with Gasteiger partial charge in [0.05, 0.1) is 24.1 Å². The van der Waals surface area contributed by atoms with Gasteiger partial charge in [0.2, 0.25) is 0 Å². The van der Waals surface area contributed by atoms with Gasteiger partial charge in [0.25, 0.3) is 0 Å². The lowest BCUT2D eigenvalue weighted by atomic mass is 9.70. The predicted octanol–water partition coefficient (Wildman–Crippen LogP) is 3.71. The molecule has 2 aliphatic carbocycles. The van der Waals surface area contributed by atoms with Gasteiger partial charge in [-0.3, -0.25) is 14.8 Å². The van der Waals surface area contributed by atoms with Gasteiger partial charge in [0.1, 0.15) is 18.1 Å². The van der Waals surface area contributed by atoms with Crippen LogP contribution in [-0.2, 0) is 16.0 Å². The molecule has 0 heterocycles. The third-order valence-electron chi connectivity index (χ3n) is 7.02. The molecule has 1 fully saturated rings. The van der Waals surface area contributed by atoms with E-state index in [4.69, 9.17) is 20.9 Å². The van der Waals surface area contributed by atoms with Crippen LogP contribution in [-0.4, -0.2) is 57.4 Å². The number of anilines is 1. The van der Waals surface area contributed by atoms with Crippen LogP contribution >= 0.6 is 0 Å². The lowest BCUT2D eigenvalue weighted by Gasteiger charge is -2.38. The highest BCUT2D eigenvalue weighted by Crippen LogP contribution is 2.49. The third-order valence-corrected chi connectivity index (χ3v) is 7.02. The first-order valence-electron chi connectivity index (χ1n) is 12.6. The number of carbonyl (C=O) groups excluding carboxylic acids is 1. The number of ether oxygens (including phenoxy) is 2. The largest absolute Gasteiger partial charge is 0.488 e. The molecule has 1 saturated carbocycles. The van der Waals surface area contributed by atoms with E-state index in [9.17, 15) is 4.79 Å². The van der Waals surface area contributed by atoms with Crippen LogP contribution in [0.15, 0.2) is 27.7 Å². The van der Waals surface area contributed by atoms with Crippen molar-refractivity contribution >= 4 is 29.9 Å². The Bertz CT molecular complexity index is 1010. The molecular weight excluding hydrogens is 442 g/mol. The van der Waals surface area contributed by atoms with Gasteiger partial charge in [-0.25, -0.2) is 0 Å². The van der Waals surface area contributed by atoms with Crippen molar-refractivity contribution < 1.29 is 14.3 Å². The number of hydrogen-bond donors (Lipinski definition) is 2. The zero-order valence-corrected chi connectivity index (χ0v) is 21.9. The van der Waals surface area contributed by atoms with E-state index < -0.39 is 0 Å². The van der Waals surface area contributed by atoms with Crippen LogP contribution in [0, 0.1) is 5.41 Å². The van der Waals surface area contributed by atoms with Crippen LogP contribution in [0.5, 0.6) is 5.75 Å². The Labute approximate surface area is 209 Å². The van der Waals surface area contributed by atoms with Gasteiger partial charge < -0.3 is 25.8 Å². The van der Waals surface area contributed by atoms with Crippen LogP contribution in [0.25, 0.3) is 5.70 Å². The van der Waals surface area contributed by atoms with Crippen LogP contribution < -0.4 is 21.1 Å². The van der Waals surface area contributed by atoms with Crippen LogP contribution in [0.1, 0.15) is 64.5 Å². The molecule has 1 aromatic carbocycles. The highest BCUT2D eigenvalue weighted by Gasteiger charge is 2.38. The number of benzene rings is 1. The molecule has 8 heteroatoms. The van der Waals surface area contributed by atoms with E-state index >= 15 is 0 Å². The zero-order chi connectivity index (χ0) is 25.8. The number of amidine groups is 1. The summed E-state index contributed by atoms with van der Waals surface area (Å²) in [6, 6.07) is 4.25. The van der Waals surface area contributed by atoms with Crippen molar-refractivity contribution in [1.82, 2.24) is 0 Å². The predicted molar refractivity (Wildman–Crippen MR) is 143 cm³/mol. The summed E-state index contributed by atoms with van der Waals surface area (Å²) in [5, 5.41) is 0. The molecule has 192 valence electrons. The fraction of sp³-hybridized carbons (Fsp3) is 0.593. The lowest BCUT2D eigenvalue weighted by Crippen LogP contribution is -2.37. The molecule has 0 saturated heterocycles. The topological polar surface area (TPSA) is 116 Å². The summed E-state index contributed by atoms with van der Waals surface area (Å²) in [4.78, 5) is 23.2. The number of nitrogens with two attached hydrogens (primary N) is 2. The summed E-state index contributed by atoms with van der Waals surface area (Å²) < 4.78 is 11.9. The highest BCUT2D eigenvalue weighted by molar-refractivity contribution is 6.06. The standard InChI is InChI=1S/C27H41N5O3/c1-7-32(16-22(33)34-8-2)25-20-15-27(3,4)23(26(29)31-6)24(30-5)19(20)13-14-21(25)35-18-11-9-17(28)10-12-18/h13-14,17-18H,5,7-12,15-16,28H2,1-4,6H3,(H2,29,31). The molecule has 3 rings (SSSR count). The Kier molecular flexibility index (Phi) is 8.59. The van der Waals surface area contributed by atoms with Crippen LogP contribution in [0.2, 0.25) is 0 Å². The molecule has 0 bridgehead atoms. The Morgan fingerprint density at radius 3 is 2.49 bits per heavy atom. The molecule has 0 atom stereocenters. The first-order valence-corrected chi connectivity index (χ1v) is 12.6. The summed E-state index contributed by atoms with van der Waals surface area (Å²) in [6.45, 7) is 13.1. The first kappa shape index (κ1) is 26.7. The average molecular weight is 484 g/mol. The maximum atomic E-state index is 12.5. The van der Waals surface area contributed by atoms with E-state index in [2.05, 4.69) is 30.5 Å². The summed E-state index contributed by atoms with van der Waals surface area (Å²) in [7, 11) is 1.69. The van der Waals surface area contributed by atoms with Crippen molar-refractivity contribution in [2.24, 2.45) is 26.9 Å². The number of hydrogen-bond acceptors (Lipinski definition) is 7. The molecule has 0 aliphatic heterocycles. The summed E-state index contributed by atoms with van der Waals surface area (Å²) in [5.41, 5.74) is 16.6. The molecule has 0 spiro atoms. The van der Waals surface area contributed by atoms with Crippen molar-refractivity contribution in [2.75, 3.05) is 31.6 Å². The fourth-order valence-electron chi connectivity index (χ4n) is 5.28. The van der Waals surface area contributed by atoms with E-state index in [1.165, 1.54) is 0 Å². The van der Waals surface area contributed by atoms with Crippen molar-refractivity contribution in [3.05, 3.63) is 28.8 Å². The minimum Gasteiger partial charge on any atom is -0.488 e. The van der Waals surface area contributed by atoms with Gasteiger partial charge >= 0.3 is 5.97 Å². The van der Waals surface area contributed by atoms with E-state index in [0.29, 0.717) is 25.4 Å². The number of rotatable bonds is 9. The first-order chi connectivity index (χ1) is 16.7. The lowest BCUT2D eigenvalue weighted by molar-refractivity contribution is -0.141. The molecule has 0 unspecified atom stereocenters. The SMILES string of the molecule is C=NC1=C(C(N)=NC)C(C)(C)Cc2c1ccc(OC1CCC(N)CC1)c2N(CC)CC(=O)OCC. The summed E-state index contributed by atoms with van der Waals surface area (Å²) in [6.07, 6.45) is 4.51. The van der Waals surface area contributed by atoms with E-state index in [-0.39, 0.29) is 30.1 Å². The van der Waals surface area contributed by atoms with Gasteiger partial charge in [-0.15, -0.1) is 0 Å². The second-order valence-electron chi connectivity index (χ2n) is 9.96. The molecule has 35 heavy (non-hydrogen) atoms. The van der Waals surface area contributed by atoms with E-state index in [1.807, 2.05) is 30.9 Å². The maximum absolute atomic E-state index is 12.5. The number of fused-ring (bicyclic) bond motifs is 1. The van der Waals surface area contributed by atoms with Crippen molar-refractivity contribution in [2.45, 2.75) is 71.9 Å². The number of likely N-dealkylation sites (N-methyl/N-ethyl adjacent to an activating group) is 1. The molecule has 0 radical (unpaired) electrons. The Morgan fingerprint density at radius 1 is 1.23 bits per heavy atom. The Hall–Kier alpha value is -2.87. The van der Waals surface area contributed by atoms with Crippen molar-refractivity contribution in [3.63, 3.8) is 0 Å². The minimum atomic E-state index is -0.346. The second kappa shape index (κ2) is 11.2. The minimum absolute atomic E-state index is 0.0930. The molecule has 2 aliphatic rings. The average Bonchev–Trinajstić information content (AvgIpc) is 2.82. The second-order valence-corrected chi connectivity index (χ2v) is 9.96. The molecule has 8 nitrogen and oxygen atoms in total. The number of aliphatic imine (C=N–C) groups is 2. The van der Waals surface area contributed by atoms with E-state index in [0.717, 1.165) is 59.5 Å². The highest BCUT2D eigenvalue weighted by atomic mass is 16.5. The Balaban J connectivity index is 2.18. The number of nitrogens with zero attached hydrogens (tertiary/aromatic N) is 3. The van der Waals surface area contributed by atoms with Gasteiger partial charge in [-0.1, -0.05) is 13.8 Å². The smallest absolute Gasteiger partial charge is 0.325 e. The van der Waals surface area contributed by atoms with Crippen LogP contribution in [0.3, 0.4) is 0 Å². The number of esters is 1. The van der Waals surface area contributed by atoms with Gasteiger partial charge in [-0.2, -0.15) is 0 Å². The van der Waals surface area contributed by atoms with Gasteiger partial charge in [0, 0.05) is 30.8 Å². The van der Waals surface area contributed by atoms with Crippen LogP contribution in [0.4, 0.5) is 5.69 Å².